The summed E-state index contributed by atoms with van der Waals surface area (Å²) in [4.78, 5) is 0. The molecule has 0 heterocycles. The molecule has 0 aliphatic heterocycles. The summed E-state index contributed by atoms with van der Waals surface area (Å²) in [6.07, 6.45) is 11.6. The minimum absolute atomic E-state index is 0.152. The van der Waals surface area contributed by atoms with Gasteiger partial charge >= 0.3 is 0 Å². The van der Waals surface area contributed by atoms with Gasteiger partial charge in [0.25, 0.3) is 0 Å². The Kier molecular flexibility index (Phi) is 3.74. The van der Waals surface area contributed by atoms with Crippen LogP contribution in [-0.2, 0) is 0 Å². The fourth-order valence-electron chi connectivity index (χ4n) is 7.54. The largest absolute Gasteiger partial charge is 0.393 e. The molecule has 3 fully saturated rings. The molecule has 2 N–H and O–H groups in total. The Morgan fingerprint density at radius 2 is 1.83 bits per heavy atom. The number of rotatable bonds is 1. The van der Waals surface area contributed by atoms with Crippen molar-refractivity contribution in [1.82, 2.24) is 0 Å². The minimum Gasteiger partial charge on any atom is -0.393 e. The minimum atomic E-state index is -0.199. The van der Waals surface area contributed by atoms with Crippen LogP contribution in [0.1, 0.15) is 72.1 Å². The van der Waals surface area contributed by atoms with Gasteiger partial charge in [-0.2, -0.15) is 0 Å². The van der Waals surface area contributed by atoms with Crippen LogP contribution in [0.4, 0.5) is 0 Å². The molecule has 0 aromatic rings. The number of aliphatic hydroxyl groups is 2. The summed E-state index contributed by atoms with van der Waals surface area (Å²) in [5.74, 6) is 2.97. The Morgan fingerprint density at radius 3 is 2.57 bits per heavy atom. The maximum Gasteiger partial charge on any atom is 0.0724 e. The Bertz CT molecular complexity index is 510. The van der Waals surface area contributed by atoms with Crippen LogP contribution in [-0.4, -0.2) is 22.4 Å². The van der Waals surface area contributed by atoms with Gasteiger partial charge < -0.3 is 10.2 Å². The maximum atomic E-state index is 10.3. The highest BCUT2D eigenvalue weighted by Gasteiger charge is 2.59. The highest BCUT2D eigenvalue weighted by Crippen LogP contribution is 2.67. The van der Waals surface area contributed by atoms with Gasteiger partial charge in [-0.1, -0.05) is 25.5 Å². The van der Waals surface area contributed by atoms with Crippen LogP contribution < -0.4 is 0 Å². The molecule has 0 amide bonds. The molecule has 0 saturated heterocycles. The summed E-state index contributed by atoms with van der Waals surface area (Å²) in [6, 6.07) is 0. The molecular weight excluding hydrogens is 284 g/mol. The van der Waals surface area contributed by atoms with E-state index in [0.29, 0.717) is 16.7 Å². The second-order valence-electron chi connectivity index (χ2n) is 9.60. The van der Waals surface area contributed by atoms with Crippen molar-refractivity contribution in [1.29, 1.82) is 0 Å². The number of aliphatic hydroxyl groups excluding tert-OH is 2. The van der Waals surface area contributed by atoms with Crippen LogP contribution in [0.5, 0.6) is 0 Å². The molecule has 4 rings (SSSR count). The normalized spacial score (nSPS) is 53.8. The van der Waals surface area contributed by atoms with Crippen molar-refractivity contribution in [2.24, 2.45) is 34.5 Å². The average Bonchev–Trinajstić information content (AvgIpc) is 2.85. The quantitative estimate of drug-likeness (QED) is 0.707. The van der Waals surface area contributed by atoms with Crippen LogP contribution in [0.25, 0.3) is 0 Å². The van der Waals surface area contributed by atoms with Gasteiger partial charge in [0.15, 0.2) is 0 Å². The molecule has 0 radical (unpaired) electrons. The number of allylic oxidation sites excluding steroid dienone is 1. The van der Waals surface area contributed by atoms with E-state index < -0.39 is 0 Å². The standard InChI is InChI=1S/C21H34O2/c1-13(22)17-6-7-18-16-5-4-14-12-15(23)8-10-20(14,2)19(16)9-11-21(17,18)3/h12-13,15-19,22-23H,4-11H2,1-3H3/t13?,15?,16?,17-,18?,19?,20+,21-/m0/s1. The van der Waals surface area contributed by atoms with Gasteiger partial charge in [-0.15, -0.1) is 0 Å². The van der Waals surface area contributed by atoms with E-state index in [0.717, 1.165) is 24.2 Å². The fourth-order valence-corrected chi connectivity index (χ4v) is 7.54. The molecule has 0 bridgehead atoms. The highest BCUT2D eigenvalue weighted by atomic mass is 16.3. The van der Waals surface area contributed by atoms with Crippen molar-refractivity contribution in [2.45, 2.75) is 84.3 Å². The Morgan fingerprint density at radius 1 is 1.04 bits per heavy atom. The van der Waals surface area contributed by atoms with Gasteiger partial charge in [0, 0.05) is 0 Å². The van der Waals surface area contributed by atoms with E-state index >= 15 is 0 Å². The zero-order valence-electron chi connectivity index (χ0n) is 15.1. The summed E-state index contributed by atoms with van der Waals surface area (Å²) in [5, 5.41) is 20.3. The van der Waals surface area contributed by atoms with Crippen LogP contribution >= 0.6 is 0 Å². The zero-order valence-corrected chi connectivity index (χ0v) is 15.1. The van der Waals surface area contributed by atoms with Crippen molar-refractivity contribution >= 4 is 0 Å². The summed E-state index contributed by atoms with van der Waals surface area (Å²) in [7, 11) is 0. The Hall–Kier alpha value is -0.340. The van der Waals surface area contributed by atoms with E-state index in [9.17, 15) is 10.2 Å². The molecule has 3 saturated carbocycles. The molecule has 4 aliphatic rings. The van der Waals surface area contributed by atoms with Gasteiger partial charge in [-0.25, -0.2) is 0 Å². The molecule has 0 aromatic heterocycles. The number of fused-ring (bicyclic) bond motifs is 5. The Labute approximate surface area is 141 Å². The van der Waals surface area contributed by atoms with E-state index in [1.54, 1.807) is 5.57 Å². The van der Waals surface area contributed by atoms with E-state index in [1.165, 1.54) is 44.9 Å². The third-order valence-electron chi connectivity index (χ3n) is 8.74. The molecule has 2 nitrogen and oxygen atoms in total. The first-order valence-electron chi connectivity index (χ1n) is 9.93. The zero-order chi connectivity index (χ0) is 16.4. The number of hydrogen-bond donors (Lipinski definition) is 2. The number of hydrogen-bond acceptors (Lipinski definition) is 2. The van der Waals surface area contributed by atoms with Crippen LogP contribution in [0.15, 0.2) is 11.6 Å². The first-order valence-corrected chi connectivity index (χ1v) is 9.93. The molecule has 130 valence electrons. The topological polar surface area (TPSA) is 40.5 Å². The first kappa shape index (κ1) is 16.1. The third kappa shape index (κ3) is 2.20. The van der Waals surface area contributed by atoms with Crippen molar-refractivity contribution in [3.8, 4) is 0 Å². The van der Waals surface area contributed by atoms with Crippen molar-refractivity contribution in [3.63, 3.8) is 0 Å². The maximum absolute atomic E-state index is 10.3. The highest BCUT2D eigenvalue weighted by molar-refractivity contribution is 5.25. The molecule has 4 aliphatic carbocycles. The summed E-state index contributed by atoms with van der Waals surface area (Å²) in [6.45, 7) is 6.98. The summed E-state index contributed by atoms with van der Waals surface area (Å²) in [5.41, 5.74) is 2.26. The lowest BCUT2D eigenvalue weighted by Crippen LogP contribution is -2.51. The lowest BCUT2D eigenvalue weighted by atomic mass is 9.46. The SMILES string of the molecule is CC(O)[C@@H]1CCC2C3CCC4=CC(O)CC[C@@]4(C)C3CC[C@]21C. The second-order valence-corrected chi connectivity index (χ2v) is 9.60. The van der Waals surface area contributed by atoms with Gasteiger partial charge in [0.2, 0.25) is 0 Å². The first-order chi connectivity index (χ1) is 10.9. The van der Waals surface area contributed by atoms with E-state index in [2.05, 4.69) is 19.9 Å². The monoisotopic (exact) mass is 318 g/mol. The summed E-state index contributed by atoms with van der Waals surface area (Å²) >= 11 is 0. The molecule has 0 aromatic carbocycles. The molecule has 5 unspecified atom stereocenters. The molecular formula is C21H34O2. The fraction of sp³-hybridized carbons (Fsp3) is 0.905. The van der Waals surface area contributed by atoms with Crippen molar-refractivity contribution in [2.75, 3.05) is 0 Å². The van der Waals surface area contributed by atoms with E-state index in [4.69, 9.17) is 0 Å². The third-order valence-corrected chi connectivity index (χ3v) is 8.74. The molecule has 8 atom stereocenters. The predicted molar refractivity (Wildman–Crippen MR) is 92.9 cm³/mol. The van der Waals surface area contributed by atoms with Crippen molar-refractivity contribution in [3.05, 3.63) is 11.6 Å². The van der Waals surface area contributed by atoms with Crippen LogP contribution in [0.2, 0.25) is 0 Å². The van der Waals surface area contributed by atoms with Crippen molar-refractivity contribution < 1.29 is 10.2 Å². The van der Waals surface area contributed by atoms with Gasteiger partial charge in [0.1, 0.15) is 0 Å². The lowest BCUT2D eigenvalue weighted by Gasteiger charge is -2.58. The molecule has 23 heavy (non-hydrogen) atoms. The van der Waals surface area contributed by atoms with Crippen LogP contribution in [0, 0.1) is 34.5 Å². The van der Waals surface area contributed by atoms with Gasteiger partial charge in [0.05, 0.1) is 12.2 Å². The predicted octanol–water partition coefficient (Wildman–Crippen LogP) is 4.31. The summed E-state index contributed by atoms with van der Waals surface area (Å²) < 4.78 is 0. The molecule has 2 heteroatoms. The average molecular weight is 319 g/mol. The van der Waals surface area contributed by atoms with Gasteiger partial charge in [-0.05, 0) is 92.8 Å². The lowest BCUT2D eigenvalue weighted by molar-refractivity contribution is -0.0725. The Balaban J connectivity index is 1.64. The smallest absolute Gasteiger partial charge is 0.0724 e. The van der Waals surface area contributed by atoms with E-state index in [-0.39, 0.29) is 12.2 Å². The second kappa shape index (κ2) is 5.33. The van der Waals surface area contributed by atoms with E-state index in [1.807, 2.05) is 6.92 Å². The van der Waals surface area contributed by atoms with Gasteiger partial charge in [-0.3, -0.25) is 0 Å². The molecule has 0 spiro atoms. The van der Waals surface area contributed by atoms with Crippen LogP contribution in [0.3, 0.4) is 0 Å².